The Morgan fingerprint density at radius 3 is 2.50 bits per heavy atom. The highest BCUT2D eigenvalue weighted by Gasteiger charge is 2.17. The molecular formula is C25H32N2O. The lowest BCUT2D eigenvalue weighted by molar-refractivity contribution is -0.115. The number of benzene rings is 2. The molecule has 0 unspecified atom stereocenters. The van der Waals surface area contributed by atoms with E-state index in [4.69, 9.17) is 4.99 Å². The van der Waals surface area contributed by atoms with Gasteiger partial charge in [-0.1, -0.05) is 68.1 Å². The van der Waals surface area contributed by atoms with Crippen LogP contribution in [0.4, 0.5) is 5.69 Å². The van der Waals surface area contributed by atoms with Crippen LogP contribution in [-0.4, -0.2) is 18.2 Å². The molecular weight excluding hydrogens is 344 g/mol. The van der Waals surface area contributed by atoms with Crippen molar-refractivity contribution in [2.45, 2.75) is 64.7 Å². The first-order valence-electron chi connectivity index (χ1n) is 10.7. The van der Waals surface area contributed by atoms with Crippen LogP contribution in [0.15, 0.2) is 53.5 Å². The van der Waals surface area contributed by atoms with Crippen molar-refractivity contribution in [1.29, 1.82) is 0 Å². The van der Waals surface area contributed by atoms with E-state index in [1.165, 1.54) is 55.4 Å². The SMILES string of the molecule is CC(Cc1ccccc1)=NCCCCCCCCc1ccc2c(c1)CC(=O)N2. The minimum absolute atomic E-state index is 0.117. The van der Waals surface area contributed by atoms with Gasteiger partial charge in [0.25, 0.3) is 0 Å². The highest BCUT2D eigenvalue weighted by molar-refractivity contribution is 5.99. The van der Waals surface area contributed by atoms with E-state index in [1.54, 1.807) is 0 Å². The average molecular weight is 377 g/mol. The topological polar surface area (TPSA) is 41.5 Å². The van der Waals surface area contributed by atoms with Crippen LogP contribution in [0, 0.1) is 0 Å². The summed E-state index contributed by atoms with van der Waals surface area (Å²) in [4.78, 5) is 16.1. The fourth-order valence-electron chi connectivity index (χ4n) is 3.80. The predicted molar refractivity (Wildman–Crippen MR) is 118 cm³/mol. The van der Waals surface area contributed by atoms with Gasteiger partial charge in [-0.05, 0) is 48.9 Å². The van der Waals surface area contributed by atoms with Gasteiger partial charge < -0.3 is 5.32 Å². The Hall–Kier alpha value is -2.42. The number of nitrogens with zero attached hydrogens (tertiary/aromatic N) is 1. The molecule has 2 aromatic rings. The van der Waals surface area contributed by atoms with Crippen LogP contribution in [0.3, 0.4) is 0 Å². The van der Waals surface area contributed by atoms with Crippen molar-refractivity contribution in [3.63, 3.8) is 0 Å². The number of rotatable bonds is 11. The van der Waals surface area contributed by atoms with Gasteiger partial charge in [0.05, 0.1) is 6.42 Å². The monoisotopic (exact) mass is 376 g/mol. The van der Waals surface area contributed by atoms with E-state index in [-0.39, 0.29) is 5.91 Å². The Bertz CT molecular complexity index is 795. The molecule has 0 radical (unpaired) electrons. The van der Waals surface area contributed by atoms with Crippen molar-refractivity contribution < 1.29 is 4.79 Å². The molecule has 1 aliphatic heterocycles. The van der Waals surface area contributed by atoms with Gasteiger partial charge in [0.2, 0.25) is 5.91 Å². The predicted octanol–water partition coefficient (Wildman–Crippen LogP) is 5.77. The van der Waals surface area contributed by atoms with Crippen LogP contribution in [0.25, 0.3) is 0 Å². The minimum Gasteiger partial charge on any atom is -0.326 e. The molecule has 1 heterocycles. The maximum atomic E-state index is 11.4. The lowest BCUT2D eigenvalue weighted by Gasteiger charge is -2.05. The number of fused-ring (bicyclic) bond motifs is 1. The molecule has 0 aromatic heterocycles. The van der Waals surface area contributed by atoms with Crippen LogP contribution in [-0.2, 0) is 24.1 Å². The summed E-state index contributed by atoms with van der Waals surface area (Å²) in [6, 6.07) is 17.0. The van der Waals surface area contributed by atoms with Crippen LogP contribution in [0.5, 0.6) is 0 Å². The van der Waals surface area contributed by atoms with E-state index in [0.717, 1.165) is 30.6 Å². The zero-order chi connectivity index (χ0) is 19.6. The summed E-state index contributed by atoms with van der Waals surface area (Å²) in [5.74, 6) is 0.117. The third kappa shape index (κ3) is 6.63. The molecule has 1 amide bonds. The number of hydrogen-bond donors (Lipinski definition) is 1. The number of hydrogen-bond acceptors (Lipinski definition) is 2. The summed E-state index contributed by atoms with van der Waals surface area (Å²) in [7, 11) is 0. The van der Waals surface area contributed by atoms with E-state index in [1.807, 2.05) is 0 Å². The number of aryl methyl sites for hydroxylation is 1. The van der Waals surface area contributed by atoms with Gasteiger partial charge in [-0.3, -0.25) is 9.79 Å². The molecule has 0 fully saturated rings. The molecule has 3 heteroatoms. The van der Waals surface area contributed by atoms with Crippen LogP contribution < -0.4 is 5.32 Å². The summed E-state index contributed by atoms with van der Waals surface area (Å²) < 4.78 is 0. The van der Waals surface area contributed by atoms with Crippen molar-refractivity contribution in [3.8, 4) is 0 Å². The zero-order valence-corrected chi connectivity index (χ0v) is 17.0. The van der Waals surface area contributed by atoms with Gasteiger partial charge in [-0.25, -0.2) is 0 Å². The van der Waals surface area contributed by atoms with Crippen LogP contribution in [0.2, 0.25) is 0 Å². The zero-order valence-electron chi connectivity index (χ0n) is 17.0. The molecule has 3 nitrogen and oxygen atoms in total. The molecule has 3 rings (SSSR count). The van der Waals surface area contributed by atoms with Crippen molar-refractivity contribution >= 4 is 17.3 Å². The first-order chi connectivity index (χ1) is 13.7. The summed E-state index contributed by atoms with van der Waals surface area (Å²) in [5.41, 5.74) is 6.09. The summed E-state index contributed by atoms with van der Waals surface area (Å²) in [6.07, 6.45) is 10.2. The second-order valence-electron chi connectivity index (χ2n) is 7.87. The molecule has 0 atom stereocenters. The molecule has 1 N–H and O–H groups in total. The van der Waals surface area contributed by atoms with E-state index in [9.17, 15) is 4.79 Å². The minimum atomic E-state index is 0.117. The average Bonchev–Trinajstić information content (AvgIpc) is 3.06. The third-order valence-corrected chi connectivity index (χ3v) is 5.35. The summed E-state index contributed by atoms with van der Waals surface area (Å²) in [5, 5.41) is 2.90. The Morgan fingerprint density at radius 2 is 1.68 bits per heavy atom. The van der Waals surface area contributed by atoms with Gasteiger partial charge in [0.1, 0.15) is 0 Å². The maximum absolute atomic E-state index is 11.4. The molecule has 148 valence electrons. The Kier molecular flexibility index (Phi) is 7.83. The first kappa shape index (κ1) is 20.3. The smallest absolute Gasteiger partial charge is 0.228 e. The molecule has 2 aromatic carbocycles. The van der Waals surface area contributed by atoms with Crippen molar-refractivity contribution in [1.82, 2.24) is 0 Å². The van der Waals surface area contributed by atoms with Crippen molar-refractivity contribution in [2.75, 3.05) is 11.9 Å². The van der Waals surface area contributed by atoms with Gasteiger partial charge in [0, 0.05) is 24.4 Å². The van der Waals surface area contributed by atoms with Crippen molar-refractivity contribution in [3.05, 3.63) is 65.2 Å². The normalized spacial score (nSPS) is 13.5. The Labute approximate surface area is 169 Å². The van der Waals surface area contributed by atoms with Gasteiger partial charge in [-0.15, -0.1) is 0 Å². The van der Waals surface area contributed by atoms with Crippen LogP contribution in [0.1, 0.15) is 62.1 Å². The Balaban J connectivity index is 1.22. The number of nitrogens with one attached hydrogen (secondary N) is 1. The van der Waals surface area contributed by atoms with Gasteiger partial charge in [0.15, 0.2) is 0 Å². The van der Waals surface area contributed by atoms with E-state index >= 15 is 0 Å². The molecule has 0 spiro atoms. The van der Waals surface area contributed by atoms with Crippen LogP contribution >= 0.6 is 0 Å². The quantitative estimate of drug-likeness (QED) is 0.393. The maximum Gasteiger partial charge on any atom is 0.228 e. The van der Waals surface area contributed by atoms with E-state index in [0.29, 0.717) is 6.42 Å². The van der Waals surface area contributed by atoms with Gasteiger partial charge >= 0.3 is 0 Å². The molecule has 28 heavy (non-hydrogen) atoms. The largest absolute Gasteiger partial charge is 0.326 e. The standard InChI is InChI=1S/C25H32N2O/c1-20(17-21-11-8-6-9-12-21)26-16-10-5-3-2-4-7-13-22-14-15-24-23(18-22)19-25(28)27-24/h6,8-9,11-12,14-15,18H,2-5,7,10,13,16-17,19H2,1H3,(H,27,28). The molecule has 0 aliphatic carbocycles. The number of anilines is 1. The molecule has 0 saturated heterocycles. The summed E-state index contributed by atoms with van der Waals surface area (Å²) in [6.45, 7) is 3.10. The van der Waals surface area contributed by atoms with E-state index in [2.05, 4.69) is 60.8 Å². The second kappa shape index (κ2) is 10.8. The fourth-order valence-corrected chi connectivity index (χ4v) is 3.80. The lowest BCUT2D eigenvalue weighted by Crippen LogP contribution is -2.03. The number of amides is 1. The highest BCUT2D eigenvalue weighted by Crippen LogP contribution is 2.24. The first-order valence-corrected chi connectivity index (χ1v) is 10.7. The fraction of sp³-hybridized carbons (Fsp3) is 0.440. The van der Waals surface area contributed by atoms with Gasteiger partial charge in [-0.2, -0.15) is 0 Å². The number of aliphatic imine (C=N–C) groups is 1. The number of carbonyl (C=O) groups is 1. The van der Waals surface area contributed by atoms with Crippen molar-refractivity contribution in [2.24, 2.45) is 4.99 Å². The second-order valence-corrected chi connectivity index (χ2v) is 7.87. The third-order valence-electron chi connectivity index (χ3n) is 5.35. The molecule has 1 aliphatic rings. The van der Waals surface area contributed by atoms with E-state index < -0.39 is 0 Å². The molecule has 0 bridgehead atoms. The summed E-state index contributed by atoms with van der Waals surface area (Å²) >= 11 is 0. The highest BCUT2D eigenvalue weighted by atomic mass is 16.1. The Morgan fingerprint density at radius 1 is 0.929 bits per heavy atom. The number of carbonyl (C=O) groups excluding carboxylic acids is 1. The number of unbranched alkanes of at least 4 members (excludes halogenated alkanes) is 5. The lowest BCUT2D eigenvalue weighted by atomic mass is 10.0. The molecule has 0 saturated carbocycles.